The summed E-state index contributed by atoms with van der Waals surface area (Å²) in [6.45, 7) is 1.39. The molecule has 1 saturated heterocycles. The molecule has 1 amide bonds. The zero-order valence-corrected chi connectivity index (χ0v) is 11.1. The van der Waals surface area contributed by atoms with Gasteiger partial charge < -0.3 is 10.0 Å². The fourth-order valence-corrected chi connectivity index (χ4v) is 3.19. The normalized spacial score (nSPS) is 26.9. The van der Waals surface area contributed by atoms with E-state index >= 15 is 0 Å². The lowest BCUT2D eigenvalue weighted by Crippen LogP contribution is -2.58. The molecule has 1 saturated carbocycles. The van der Waals surface area contributed by atoms with E-state index in [2.05, 4.69) is 0 Å². The lowest BCUT2D eigenvalue weighted by Gasteiger charge is -2.41. The van der Waals surface area contributed by atoms with E-state index in [0.717, 1.165) is 17.7 Å². The standard InChI is InChI=1S/C13H22F2N2O2/c14-12(15)11-9-17(13(18)19)7-6-16(11)8-10-4-2-1-3-5-10/h10-12H,1-9H2,(H,18,19). The van der Waals surface area contributed by atoms with Crippen LogP contribution in [0.15, 0.2) is 0 Å². The molecular formula is C13H22F2N2O2. The number of halogens is 2. The molecule has 1 aliphatic heterocycles. The van der Waals surface area contributed by atoms with Gasteiger partial charge in [-0.25, -0.2) is 13.6 Å². The Bertz CT molecular complexity index is 309. The highest BCUT2D eigenvalue weighted by Crippen LogP contribution is 2.27. The minimum absolute atomic E-state index is 0.0697. The third kappa shape index (κ3) is 3.78. The van der Waals surface area contributed by atoms with Crippen LogP contribution in [0.5, 0.6) is 0 Å². The van der Waals surface area contributed by atoms with Crippen LogP contribution in [0.25, 0.3) is 0 Å². The van der Waals surface area contributed by atoms with Crippen molar-refractivity contribution in [3.63, 3.8) is 0 Å². The SMILES string of the molecule is O=C(O)N1CCN(CC2CCCCC2)C(C(F)F)C1. The minimum Gasteiger partial charge on any atom is -0.465 e. The third-order valence-corrected chi connectivity index (χ3v) is 4.31. The van der Waals surface area contributed by atoms with Crippen LogP contribution >= 0.6 is 0 Å². The number of amides is 1. The highest BCUT2D eigenvalue weighted by molar-refractivity contribution is 5.65. The molecule has 0 spiro atoms. The van der Waals surface area contributed by atoms with Crippen molar-refractivity contribution in [3.05, 3.63) is 0 Å². The molecule has 1 atom stereocenters. The molecular weight excluding hydrogens is 254 g/mol. The lowest BCUT2D eigenvalue weighted by atomic mass is 9.88. The summed E-state index contributed by atoms with van der Waals surface area (Å²) in [5, 5.41) is 8.91. The first-order chi connectivity index (χ1) is 9.08. The van der Waals surface area contributed by atoms with Crippen LogP contribution in [-0.2, 0) is 0 Å². The Morgan fingerprint density at radius 1 is 1.21 bits per heavy atom. The van der Waals surface area contributed by atoms with Crippen LogP contribution in [0.2, 0.25) is 0 Å². The quantitative estimate of drug-likeness (QED) is 0.861. The van der Waals surface area contributed by atoms with E-state index in [4.69, 9.17) is 5.11 Å². The Morgan fingerprint density at radius 3 is 2.47 bits per heavy atom. The van der Waals surface area contributed by atoms with E-state index in [9.17, 15) is 13.6 Å². The topological polar surface area (TPSA) is 43.8 Å². The Balaban J connectivity index is 1.92. The molecule has 2 fully saturated rings. The first-order valence-electron chi connectivity index (χ1n) is 7.08. The van der Waals surface area contributed by atoms with Crippen LogP contribution in [0.1, 0.15) is 32.1 Å². The molecule has 1 N–H and O–H groups in total. The molecule has 110 valence electrons. The summed E-state index contributed by atoms with van der Waals surface area (Å²) < 4.78 is 26.2. The highest BCUT2D eigenvalue weighted by atomic mass is 19.3. The summed E-state index contributed by atoms with van der Waals surface area (Å²) in [6.07, 6.45) is 2.30. The molecule has 0 radical (unpaired) electrons. The predicted molar refractivity (Wildman–Crippen MR) is 67.5 cm³/mol. The smallest absolute Gasteiger partial charge is 0.407 e. The highest BCUT2D eigenvalue weighted by Gasteiger charge is 2.36. The zero-order chi connectivity index (χ0) is 13.8. The van der Waals surface area contributed by atoms with Gasteiger partial charge in [0.25, 0.3) is 6.43 Å². The average molecular weight is 276 g/mol. The fourth-order valence-electron chi connectivity index (χ4n) is 3.19. The van der Waals surface area contributed by atoms with Gasteiger partial charge >= 0.3 is 6.09 Å². The van der Waals surface area contributed by atoms with Crippen molar-refractivity contribution in [1.29, 1.82) is 0 Å². The van der Waals surface area contributed by atoms with Crippen molar-refractivity contribution in [1.82, 2.24) is 9.80 Å². The van der Waals surface area contributed by atoms with Gasteiger partial charge in [-0.1, -0.05) is 19.3 Å². The van der Waals surface area contributed by atoms with E-state index in [1.54, 1.807) is 4.90 Å². The number of piperazine rings is 1. The van der Waals surface area contributed by atoms with Gasteiger partial charge in [0.1, 0.15) is 0 Å². The molecule has 0 aromatic heterocycles. The molecule has 2 rings (SSSR count). The molecule has 0 aromatic carbocycles. The van der Waals surface area contributed by atoms with Gasteiger partial charge in [-0.3, -0.25) is 4.90 Å². The number of hydrogen-bond acceptors (Lipinski definition) is 2. The Kier molecular flexibility index (Phi) is 4.96. The molecule has 1 aliphatic carbocycles. The summed E-state index contributed by atoms with van der Waals surface area (Å²) in [7, 11) is 0. The lowest BCUT2D eigenvalue weighted by molar-refractivity contribution is -0.0271. The monoisotopic (exact) mass is 276 g/mol. The Morgan fingerprint density at radius 2 is 1.89 bits per heavy atom. The molecule has 0 aromatic rings. The van der Waals surface area contributed by atoms with E-state index in [1.165, 1.54) is 19.3 Å². The first kappa shape index (κ1) is 14.5. The molecule has 6 heteroatoms. The van der Waals surface area contributed by atoms with Crippen molar-refractivity contribution < 1.29 is 18.7 Å². The number of rotatable bonds is 3. The summed E-state index contributed by atoms with van der Waals surface area (Å²) in [5.41, 5.74) is 0. The van der Waals surface area contributed by atoms with Gasteiger partial charge in [0.2, 0.25) is 0 Å². The second kappa shape index (κ2) is 6.50. The number of nitrogens with zero attached hydrogens (tertiary/aromatic N) is 2. The summed E-state index contributed by atoms with van der Waals surface area (Å²) >= 11 is 0. The average Bonchev–Trinajstić information content (AvgIpc) is 2.39. The van der Waals surface area contributed by atoms with Gasteiger partial charge in [0.05, 0.1) is 6.04 Å². The summed E-state index contributed by atoms with van der Waals surface area (Å²) in [4.78, 5) is 13.8. The predicted octanol–water partition coefficient (Wildman–Crippen LogP) is 2.50. The molecule has 4 nitrogen and oxygen atoms in total. The largest absolute Gasteiger partial charge is 0.465 e. The Hall–Kier alpha value is -0.910. The molecule has 0 bridgehead atoms. The van der Waals surface area contributed by atoms with Crippen molar-refractivity contribution in [2.24, 2.45) is 5.92 Å². The second-order valence-corrected chi connectivity index (χ2v) is 5.63. The van der Waals surface area contributed by atoms with Crippen molar-refractivity contribution >= 4 is 6.09 Å². The third-order valence-electron chi connectivity index (χ3n) is 4.31. The first-order valence-corrected chi connectivity index (χ1v) is 7.08. The molecule has 1 unspecified atom stereocenters. The van der Waals surface area contributed by atoms with E-state index in [0.29, 0.717) is 25.6 Å². The van der Waals surface area contributed by atoms with E-state index in [1.807, 2.05) is 0 Å². The molecule has 2 aliphatic rings. The number of carboxylic acid groups (broad SMARTS) is 1. The van der Waals surface area contributed by atoms with Crippen LogP contribution in [-0.4, -0.2) is 59.6 Å². The van der Waals surface area contributed by atoms with Gasteiger partial charge in [-0.15, -0.1) is 0 Å². The maximum absolute atomic E-state index is 13.1. The van der Waals surface area contributed by atoms with Crippen LogP contribution < -0.4 is 0 Å². The summed E-state index contributed by atoms with van der Waals surface area (Å²) in [5.74, 6) is 0.506. The Labute approximate surface area is 112 Å². The van der Waals surface area contributed by atoms with Gasteiger partial charge in [0, 0.05) is 26.2 Å². The maximum atomic E-state index is 13.1. The molecule has 19 heavy (non-hydrogen) atoms. The molecule has 1 heterocycles. The van der Waals surface area contributed by atoms with Gasteiger partial charge in [-0.2, -0.15) is 0 Å². The van der Waals surface area contributed by atoms with Gasteiger partial charge in [0.15, 0.2) is 0 Å². The van der Waals surface area contributed by atoms with Crippen LogP contribution in [0.4, 0.5) is 13.6 Å². The minimum atomic E-state index is -2.48. The zero-order valence-electron chi connectivity index (χ0n) is 11.1. The van der Waals surface area contributed by atoms with Gasteiger partial charge in [-0.05, 0) is 18.8 Å². The van der Waals surface area contributed by atoms with Crippen molar-refractivity contribution in [2.75, 3.05) is 26.2 Å². The maximum Gasteiger partial charge on any atom is 0.407 e. The van der Waals surface area contributed by atoms with Crippen LogP contribution in [0, 0.1) is 5.92 Å². The fraction of sp³-hybridized carbons (Fsp3) is 0.923. The number of alkyl halides is 2. The van der Waals surface area contributed by atoms with Crippen molar-refractivity contribution in [3.8, 4) is 0 Å². The van der Waals surface area contributed by atoms with E-state index in [-0.39, 0.29) is 6.54 Å². The van der Waals surface area contributed by atoms with Crippen molar-refractivity contribution in [2.45, 2.75) is 44.6 Å². The number of carbonyl (C=O) groups is 1. The van der Waals surface area contributed by atoms with E-state index < -0.39 is 18.6 Å². The number of hydrogen-bond donors (Lipinski definition) is 1. The van der Waals surface area contributed by atoms with Crippen LogP contribution in [0.3, 0.4) is 0 Å². The second-order valence-electron chi connectivity index (χ2n) is 5.63. The summed E-state index contributed by atoms with van der Waals surface area (Å²) in [6, 6.07) is -0.938.